The summed E-state index contributed by atoms with van der Waals surface area (Å²) in [6.07, 6.45) is 0. The highest BCUT2D eigenvalue weighted by Gasteiger charge is 2.18. The van der Waals surface area contributed by atoms with Gasteiger partial charge in [0.15, 0.2) is 0 Å². The summed E-state index contributed by atoms with van der Waals surface area (Å²) in [6, 6.07) is 4.15. The first-order valence-electron chi connectivity index (χ1n) is 4.25. The lowest BCUT2D eigenvalue weighted by atomic mass is 10.1. The van der Waals surface area contributed by atoms with Crippen molar-refractivity contribution in [2.45, 2.75) is 0 Å². The summed E-state index contributed by atoms with van der Waals surface area (Å²) in [6.45, 7) is 0. The van der Waals surface area contributed by atoms with Crippen molar-refractivity contribution in [2.75, 3.05) is 0 Å². The minimum atomic E-state index is -0.510. The Labute approximate surface area is 117 Å². The van der Waals surface area contributed by atoms with Crippen LogP contribution in [0.3, 0.4) is 0 Å². The Balaban J connectivity index is 2.54. The molecule has 2 rings (SSSR count). The Morgan fingerprint density at radius 1 is 1.41 bits per heavy atom. The van der Waals surface area contributed by atoms with Crippen molar-refractivity contribution in [1.82, 2.24) is 5.16 Å². The molecule has 1 heterocycles. The van der Waals surface area contributed by atoms with E-state index in [1.807, 2.05) is 0 Å². The van der Waals surface area contributed by atoms with Crippen LogP contribution in [0, 0.1) is 10.1 Å². The molecule has 0 saturated heterocycles. The lowest BCUT2D eigenvalue weighted by molar-refractivity contribution is -0.384. The SMILES string of the molecule is O=[N+]([O-])c1ccc(-c2noc(Br)c2Br)c(Cl)c1. The van der Waals surface area contributed by atoms with Crippen LogP contribution < -0.4 is 0 Å². The van der Waals surface area contributed by atoms with Crippen molar-refractivity contribution in [3.05, 3.63) is 42.5 Å². The lowest BCUT2D eigenvalue weighted by Crippen LogP contribution is -1.89. The third-order valence-electron chi connectivity index (χ3n) is 2.02. The number of nitro groups is 1. The first-order valence-corrected chi connectivity index (χ1v) is 6.22. The number of non-ortho nitro benzene ring substituents is 1. The first kappa shape index (κ1) is 12.5. The van der Waals surface area contributed by atoms with Gasteiger partial charge in [-0.25, -0.2) is 0 Å². The minimum Gasteiger partial charge on any atom is -0.347 e. The minimum absolute atomic E-state index is 0.0718. The molecule has 1 aromatic carbocycles. The summed E-state index contributed by atoms with van der Waals surface area (Å²) in [5.74, 6) is 0. The van der Waals surface area contributed by atoms with Gasteiger partial charge in [-0.1, -0.05) is 16.8 Å². The smallest absolute Gasteiger partial charge is 0.270 e. The predicted octanol–water partition coefficient (Wildman–Crippen LogP) is 4.43. The zero-order chi connectivity index (χ0) is 12.6. The number of hydrogen-bond donors (Lipinski definition) is 0. The average Bonchev–Trinajstić information content (AvgIpc) is 2.60. The highest BCUT2D eigenvalue weighted by atomic mass is 79.9. The van der Waals surface area contributed by atoms with E-state index in [1.165, 1.54) is 18.2 Å². The zero-order valence-electron chi connectivity index (χ0n) is 7.99. The Morgan fingerprint density at radius 3 is 2.59 bits per heavy atom. The van der Waals surface area contributed by atoms with Gasteiger partial charge >= 0.3 is 0 Å². The molecule has 0 radical (unpaired) electrons. The second-order valence-corrected chi connectivity index (χ2v) is 4.96. The molecule has 0 unspecified atom stereocenters. The molecule has 0 fully saturated rings. The second kappa shape index (κ2) is 4.75. The van der Waals surface area contributed by atoms with Crippen molar-refractivity contribution in [1.29, 1.82) is 0 Å². The van der Waals surface area contributed by atoms with Crippen LogP contribution in [0.5, 0.6) is 0 Å². The Bertz CT molecular complexity index is 600. The standard InChI is InChI=1S/C9H3Br2ClN2O3/c10-7-8(13-17-9(7)11)5-2-1-4(14(15)16)3-6(5)12/h1-3H. The van der Waals surface area contributed by atoms with Gasteiger partial charge in [-0.2, -0.15) is 0 Å². The Morgan fingerprint density at radius 2 is 2.12 bits per heavy atom. The molecule has 17 heavy (non-hydrogen) atoms. The van der Waals surface area contributed by atoms with Crippen molar-refractivity contribution in [2.24, 2.45) is 0 Å². The maximum atomic E-state index is 10.6. The van der Waals surface area contributed by atoms with Crippen LogP contribution in [0.2, 0.25) is 5.02 Å². The van der Waals surface area contributed by atoms with E-state index in [2.05, 4.69) is 37.0 Å². The summed E-state index contributed by atoms with van der Waals surface area (Å²) in [4.78, 5) is 10.1. The van der Waals surface area contributed by atoms with Crippen molar-refractivity contribution in [3.63, 3.8) is 0 Å². The number of rotatable bonds is 2. The molecule has 0 spiro atoms. The number of nitrogens with zero attached hydrogens (tertiary/aromatic N) is 2. The summed E-state index contributed by atoms with van der Waals surface area (Å²) in [7, 11) is 0. The summed E-state index contributed by atoms with van der Waals surface area (Å²) >= 11 is 12.4. The fourth-order valence-electron chi connectivity index (χ4n) is 1.24. The van der Waals surface area contributed by atoms with Gasteiger partial charge in [0.25, 0.3) is 5.69 Å². The largest absolute Gasteiger partial charge is 0.347 e. The van der Waals surface area contributed by atoms with E-state index in [1.54, 1.807) is 0 Å². The highest BCUT2D eigenvalue weighted by Crippen LogP contribution is 2.37. The van der Waals surface area contributed by atoms with E-state index in [9.17, 15) is 10.1 Å². The number of halogens is 3. The lowest BCUT2D eigenvalue weighted by Gasteiger charge is -2.00. The van der Waals surface area contributed by atoms with Crippen LogP contribution in [0.25, 0.3) is 11.3 Å². The fraction of sp³-hybridized carbons (Fsp3) is 0. The van der Waals surface area contributed by atoms with E-state index < -0.39 is 4.92 Å². The monoisotopic (exact) mass is 380 g/mol. The van der Waals surface area contributed by atoms with Crippen LogP contribution >= 0.6 is 43.5 Å². The second-order valence-electron chi connectivity index (χ2n) is 3.04. The molecule has 1 aromatic heterocycles. The third-order valence-corrected chi connectivity index (χ3v) is 4.14. The van der Waals surface area contributed by atoms with E-state index in [0.717, 1.165) is 0 Å². The highest BCUT2D eigenvalue weighted by molar-refractivity contribution is 9.13. The van der Waals surface area contributed by atoms with Gasteiger partial charge in [0.05, 0.1) is 9.95 Å². The van der Waals surface area contributed by atoms with Gasteiger partial charge in [0, 0.05) is 17.7 Å². The van der Waals surface area contributed by atoms with Gasteiger partial charge in [0.1, 0.15) is 10.2 Å². The van der Waals surface area contributed by atoms with Crippen molar-refractivity contribution in [3.8, 4) is 11.3 Å². The van der Waals surface area contributed by atoms with E-state index >= 15 is 0 Å². The first-order chi connectivity index (χ1) is 8.00. The molecule has 0 bridgehead atoms. The fourth-order valence-corrected chi connectivity index (χ4v) is 2.12. The number of nitro benzene ring substituents is 1. The number of aromatic nitrogens is 1. The van der Waals surface area contributed by atoms with Gasteiger partial charge < -0.3 is 4.52 Å². The summed E-state index contributed by atoms with van der Waals surface area (Å²) < 4.78 is 5.95. The van der Waals surface area contributed by atoms with Crippen LogP contribution in [0.4, 0.5) is 5.69 Å². The van der Waals surface area contributed by atoms with Gasteiger partial charge in [-0.15, -0.1) is 0 Å². The molecule has 2 aromatic rings. The zero-order valence-corrected chi connectivity index (χ0v) is 11.9. The van der Waals surface area contributed by atoms with Crippen LogP contribution in [0.1, 0.15) is 0 Å². The topological polar surface area (TPSA) is 69.2 Å². The molecular weight excluding hydrogens is 379 g/mol. The van der Waals surface area contributed by atoms with Gasteiger partial charge in [-0.3, -0.25) is 10.1 Å². The third kappa shape index (κ3) is 2.36. The predicted molar refractivity (Wildman–Crippen MR) is 69.0 cm³/mol. The Hall–Kier alpha value is -0.920. The van der Waals surface area contributed by atoms with Crippen molar-refractivity contribution < 1.29 is 9.45 Å². The van der Waals surface area contributed by atoms with Crippen molar-refractivity contribution >= 4 is 49.1 Å². The molecule has 8 heteroatoms. The molecule has 0 aliphatic rings. The molecule has 0 saturated carbocycles. The van der Waals surface area contributed by atoms with Crippen LogP contribution in [-0.2, 0) is 0 Å². The maximum Gasteiger partial charge on any atom is 0.270 e. The van der Waals surface area contributed by atoms with Crippen LogP contribution in [-0.4, -0.2) is 10.1 Å². The summed E-state index contributed by atoms with van der Waals surface area (Å²) in [5.41, 5.74) is 0.966. The van der Waals surface area contributed by atoms with Crippen LogP contribution in [0.15, 0.2) is 31.9 Å². The molecule has 5 nitrogen and oxygen atoms in total. The van der Waals surface area contributed by atoms with Gasteiger partial charge in [0.2, 0.25) is 4.67 Å². The van der Waals surface area contributed by atoms with E-state index in [4.69, 9.17) is 16.1 Å². The Kier molecular flexibility index (Phi) is 3.50. The molecule has 0 aliphatic heterocycles. The quantitative estimate of drug-likeness (QED) is 0.569. The van der Waals surface area contributed by atoms with E-state index in [0.29, 0.717) is 20.4 Å². The molecule has 0 N–H and O–H groups in total. The molecule has 0 atom stereocenters. The van der Waals surface area contributed by atoms with Gasteiger partial charge in [-0.05, 0) is 37.9 Å². The molecule has 0 aliphatic carbocycles. The maximum absolute atomic E-state index is 10.6. The molecule has 0 amide bonds. The molecule has 88 valence electrons. The normalized spacial score (nSPS) is 10.5. The molecular formula is C9H3Br2ClN2O3. The number of benzene rings is 1. The number of hydrogen-bond acceptors (Lipinski definition) is 4. The summed E-state index contributed by atoms with van der Waals surface area (Å²) in [5, 5.41) is 14.6. The van der Waals surface area contributed by atoms with E-state index in [-0.39, 0.29) is 10.7 Å². The average molecular weight is 382 g/mol.